The third-order valence-electron chi connectivity index (χ3n) is 5.61. The van der Waals surface area contributed by atoms with Crippen molar-refractivity contribution in [3.63, 3.8) is 0 Å². The lowest BCUT2D eigenvalue weighted by Crippen LogP contribution is -2.53. The predicted molar refractivity (Wildman–Crippen MR) is 96.7 cm³/mol. The Hall–Kier alpha value is -1.93. The monoisotopic (exact) mass is 340 g/mol. The molecule has 1 saturated carbocycles. The molecule has 1 amide bonds. The van der Waals surface area contributed by atoms with E-state index in [9.17, 15) is 10.1 Å². The van der Waals surface area contributed by atoms with Crippen LogP contribution in [-0.2, 0) is 11.2 Å². The highest BCUT2D eigenvalue weighted by Crippen LogP contribution is 2.29. The van der Waals surface area contributed by atoms with E-state index in [0.29, 0.717) is 18.8 Å². The Labute approximate surface area is 150 Å². The summed E-state index contributed by atoms with van der Waals surface area (Å²) in [4.78, 5) is 21.0. The number of piperazine rings is 1. The lowest BCUT2D eigenvalue weighted by molar-refractivity contribution is -0.133. The summed E-state index contributed by atoms with van der Waals surface area (Å²) in [5, 5.41) is 9.64. The normalized spacial score (nSPS) is 20.8. The van der Waals surface area contributed by atoms with Crippen molar-refractivity contribution in [3.05, 3.63) is 30.1 Å². The maximum absolute atomic E-state index is 12.4. The van der Waals surface area contributed by atoms with Crippen molar-refractivity contribution < 1.29 is 4.79 Å². The molecule has 3 rings (SSSR count). The number of aryl methyl sites for hydroxylation is 1. The first-order valence-corrected chi connectivity index (χ1v) is 9.59. The van der Waals surface area contributed by atoms with Gasteiger partial charge in [-0.15, -0.1) is 0 Å². The number of carbonyl (C=O) groups is 1. The summed E-state index contributed by atoms with van der Waals surface area (Å²) in [7, 11) is 0. The lowest BCUT2D eigenvalue weighted by atomic mass is 9.83. The summed E-state index contributed by atoms with van der Waals surface area (Å²) >= 11 is 0. The standard InChI is InChI=1S/C20H28N4O/c21-16-19(17-6-2-1-3-7-17)23-12-14-24(15-13-23)20(25)10-9-18-8-4-5-11-22-18/h4-5,8,11,17,19H,1-3,6-7,9-10,12-15H2/t19-/m1/s1. The van der Waals surface area contributed by atoms with Crippen molar-refractivity contribution in [2.75, 3.05) is 26.2 Å². The molecule has 25 heavy (non-hydrogen) atoms. The molecule has 0 N–H and O–H groups in total. The van der Waals surface area contributed by atoms with Crippen LogP contribution in [-0.4, -0.2) is 52.9 Å². The third-order valence-corrected chi connectivity index (χ3v) is 5.61. The van der Waals surface area contributed by atoms with E-state index in [2.05, 4.69) is 16.0 Å². The molecule has 0 bridgehead atoms. The van der Waals surface area contributed by atoms with Gasteiger partial charge in [0.15, 0.2) is 0 Å². The van der Waals surface area contributed by atoms with E-state index >= 15 is 0 Å². The first-order valence-electron chi connectivity index (χ1n) is 9.59. The Bertz CT molecular complexity index is 583. The average molecular weight is 340 g/mol. The molecule has 5 heteroatoms. The molecular weight excluding hydrogens is 312 g/mol. The molecule has 0 radical (unpaired) electrons. The minimum atomic E-state index is 0.0334. The van der Waals surface area contributed by atoms with Gasteiger partial charge in [-0.2, -0.15) is 5.26 Å². The minimum Gasteiger partial charge on any atom is -0.340 e. The number of rotatable bonds is 5. The highest BCUT2D eigenvalue weighted by molar-refractivity contribution is 5.76. The van der Waals surface area contributed by atoms with Crippen LogP contribution in [0.2, 0.25) is 0 Å². The van der Waals surface area contributed by atoms with Gasteiger partial charge in [-0.25, -0.2) is 0 Å². The van der Waals surface area contributed by atoms with Crippen molar-refractivity contribution in [2.45, 2.75) is 51.0 Å². The summed E-state index contributed by atoms with van der Waals surface area (Å²) in [5.41, 5.74) is 0.969. The number of carbonyl (C=O) groups excluding carboxylic acids is 1. The Kier molecular flexibility index (Phi) is 6.41. The van der Waals surface area contributed by atoms with Crippen LogP contribution in [0.25, 0.3) is 0 Å². The van der Waals surface area contributed by atoms with Crippen LogP contribution < -0.4 is 0 Å². The van der Waals surface area contributed by atoms with E-state index in [0.717, 1.165) is 31.9 Å². The zero-order chi connectivity index (χ0) is 17.5. The van der Waals surface area contributed by atoms with Crippen molar-refractivity contribution in [2.24, 2.45) is 5.92 Å². The zero-order valence-corrected chi connectivity index (χ0v) is 14.9. The number of nitrogens with zero attached hydrogens (tertiary/aromatic N) is 4. The number of amides is 1. The molecule has 2 fully saturated rings. The van der Waals surface area contributed by atoms with Crippen molar-refractivity contribution in [3.8, 4) is 6.07 Å². The second-order valence-corrected chi connectivity index (χ2v) is 7.21. The van der Waals surface area contributed by atoms with Gasteiger partial charge in [0.25, 0.3) is 0 Å². The maximum atomic E-state index is 12.4. The van der Waals surface area contributed by atoms with Crippen LogP contribution in [0.4, 0.5) is 0 Å². The highest BCUT2D eigenvalue weighted by atomic mass is 16.2. The minimum absolute atomic E-state index is 0.0334. The number of hydrogen-bond donors (Lipinski definition) is 0. The predicted octanol–water partition coefficient (Wildman–Crippen LogP) is 2.63. The van der Waals surface area contributed by atoms with Gasteiger partial charge in [0.05, 0.1) is 6.07 Å². The number of nitriles is 1. The Morgan fingerprint density at radius 3 is 2.60 bits per heavy atom. The second-order valence-electron chi connectivity index (χ2n) is 7.21. The molecule has 1 aliphatic carbocycles. The molecule has 2 heterocycles. The fourth-order valence-corrected chi connectivity index (χ4v) is 4.12. The van der Waals surface area contributed by atoms with Gasteiger partial charge in [-0.1, -0.05) is 25.3 Å². The molecule has 1 saturated heterocycles. The van der Waals surface area contributed by atoms with E-state index in [4.69, 9.17) is 0 Å². The second kappa shape index (κ2) is 8.96. The summed E-state index contributed by atoms with van der Waals surface area (Å²) in [6.45, 7) is 3.13. The Morgan fingerprint density at radius 2 is 1.96 bits per heavy atom. The van der Waals surface area contributed by atoms with Gasteiger partial charge >= 0.3 is 0 Å². The fraction of sp³-hybridized carbons (Fsp3) is 0.650. The van der Waals surface area contributed by atoms with E-state index in [1.54, 1.807) is 6.20 Å². The van der Waals surface area contributed by atoms with Gasteiger partial charge in [0, 0.05) is 44.5 Å². The highest BCUT2D eigenvalue weighted by Gasteiger charge is 2.31. The molecule has 1 aromatic rings. The zero-order valence-electron chi connectivity index (χ0n) is 14.9. The molecule has 1 aromatic heterocycles. The first kappa shape index (κ1) is 17.9. The molecule has 2 aliphatic rings. The van der Waals surface area contributed by atoms with Gasteiger partial charge < -0.3 is 4.90 Å². The van der Waals surface area contributed by atoms with E-state index in [-0.39, 0.29) is 11.9 Å². The van der Waals surface area contributed by atoms with Crippen LogP contribution in [0.3, 0.4) is 0 Å². The molecule has 134 valence electrons. The van der Waals surface area contributed by atoms with Gasteiger partial charge in [-0.3, -0.25) is 14.7 Å². The Balaban J connectivity index is 1.46. The molecule has 0 spiro atoms. The molecule has 0 aromatic carbocycles. The van der Waals surface area contributed by atoms with Crippen LogP contribution in [0.1, 0.15) is 44.2 Å². The first-order chi connectivity index (χ1) is 12.3. The number of hydrogen-bond acceptors (Lipinski definition) is 4. The average Bonchev–Trinajstić information content (AvgIpc) is 2.69. The fourth-order valence-electron chi connectivity index (χ4n) is 4.12. The number of aromatic nitrogens is 1. The largest absolute Gasteiger partial charge is 0.340 e. The molecular formula is C20H28N4O. The van der Waals surface area contributed by atoms with Crippen LogP contribution in [0.15, 0.2) is 24.4 Å². The quantitative estimate of drug-likeness (QED) is 0.827. The smallest absolute Gasteiger partial charge is 0.223 e. The topological polar surface area (TPSA) is 60.2 Å². The van der Waals surface area contributed by atoms with Crippen molar-refractivity contribution in [1.82, 2.24) is 14.8 Å². The SMILES string of the molecule is N#C[C@H](C1CCCCC1)N1CCN(C(=O)CCc2ccccn2)CC1. The van der Waals surface area contributed by atoms with Crippen molar-refractivity contribution >= 4 is 5.91 Å². The summed E-state index contributed by atoms with van der Waals surface area (Å²) < 4.78 is 0. The van der Waals surface area contributed by atoms with Crippen LogP contribution in [0.5, 0.6) is 0 Å². The van der Waals surface area contributed by atoms with E-state index < -0.39 is 0 Å². The van der Waals surface area contributed by atoms with E-state index in [1.165, 1.54) is 32.1 Å². The van der Waals surface area contributed by atoms with Gasteiger partial charge in [0.2, 0.25) is 5.91 Å². The molecule has 0 unspecified atom stereocenters. The van der Waals surface area contributed by atoms with Crippen LogP contribution in [0, 0.1) is 17.2 Å². The summed E-state index contributed by atoms with van der Waals surface area (Å²) in [5.74, 6) is 0.724. The molecule has 1 atom stereocenters. The molecule has 5 nitrogen and oxygen atoms in total. The molecule has 1 aliphatic heterocycles. The summed E-state index contributed by atoms with van der Waals surface area (Å²) in [6.07, 6.45) is 9.18. The van der Waals surface area contributed by atoms with Gasteiger partial charge in [0.1, 0.15) is 6.04 Å². The third kappa shape index (κ3) is 4.79. The van der Waals surface area contributed by atoms with E-state index in [1.807, 2.05) is 23.1 Å². The maximum Gasteiger partial charge on any atom is 0.223 e. The van der Waals surface area contributed by atoms with Crippen LogP contribution >= 0.6 is 0 Å². The van der Waals surface area contributed by atoms with Crippen molar-refractivity contribution in [1.29, 1.82) is 5.26 Å². The number of pyridine rings is 1. The lowest BCUT2D eigenvalue weighted by Gasteiger charge is -2.40. The Morgan fingerprint density at radius 1 is 1.20 bits per heavy atom. The van der Waals surface area contributed by atoms with Gasteiger partial charge in [-0.05, 0) is 37.3 Å². The summed E-state index contributed by atoms with van der Waals surface area (Å²) in [6, 6.07) is 8.39.